The van der Waals surface area contributed by atoms with Crippen LogP contribution in [0.4, 0.5) is 30.6 Å². The van der Waals surface area contributed by atoms with Crippen molar-refractivity contribution in [2.24, 2.45) is 0 Å². The van der Waals surface area contributed by atoms with Crippen LogP contribution >= 0.6 is 0 Å². The molecule has 0 radical (unpaired) electrons. The fraction of sp³-hybridized carbons (Fsp3) is 0.238. The van der Waals surface area contributed by atoms with Crippen LogP contribution < -0.4 is 24.8 Å². The molecule has 0 bridgehead atoms. The first-order chi connectivity index (χ1) is 14.9. The Kier molecular flexibility index (Phi) is 4.68. The normalized spacial score (nSPS) is 14.9. The predicted molar refractivity (Wildman–Crippen MR) is 107 cm³/mol. The van der Waals surface area contributed by atoms with Crippen molar-refractivity contribution in [3.8, 4) is 28.5 Å². The van der Waals surface area contributed by atoms with Gasteiger partial charge in [0.1, 0.15) is 11.6 Å². The molecule has 160 valence electrons. The molecule has 1 saturated carbocycles. The number of hydrogen-bond donors (Lipinski definition) is 2. The quantitative estimate of drug-likeness (QED) is 0.564. The highest BCUT2D eigenvalue weighted by molar-refractivity contribution is 5.69. The number of fused-ring (bicyclic) bond motifs is 1. The van der Waals surface area contributed by atoms with Gasteiger partial charge in [0.2, 0.25) is 12.7 Å². The molecular weight excluding hydrogens is 413 g/mol. The van der Waals surface area contributed by atoms with Crippen LogP contribution in [0.15, 0.2) is 48.5 Å². The molecular formula is C21H17F3N4O3. The number of ether oxygens (including phenoxy) is 3. The Morgan fingerprint density at radius 1 is 0.968 bits per heavy atom. The highest BCUT2D eigenvalue weighted by atomic mass is 19.4. The summed E-state index contributed by atoms with van der Waals surface area (Å²) in [4.78, 5) is 8.97. The maximum Gasteiger partial charge on any atom is 0.573 e. The smallest absolute Gasteiger partial charge is 0.454 e. The average molecular weight is 430 g/mol. The van der Waals surface area contributed by atoms with Crippen molar-refractivity contribution in [1.29, 1.82) is 0 Å². The second kappa shape index (κ2) is 7.53. The lowest BCUT2D eigenvalue weighted by molar-refractivity contribution is -0.274. The summed E-state index contributed by atoms with van der Waals surface area (Å²) < 4.78 is 52.6. The topological polar surface area (TPSA) is 77.5 Å². The zero-order valence-corrected chi connectivity index (χ0v) is 16.1. The number of alkyl halides is 3. The summed E-state index contributed by atoms with van der Waals surface area (Å²) in [6, 6.07) is 13.0. The summed E-state index contributed by atoms with van der Waals surface area (Å²) in [7, 11) is 0. The molecule has 5 rings (SSSR count). The lowest BCUT2D eigenvalue weighted by Gasteiger charge is -2.13. The Bertz CT molecular complexity index is 1120. The minimum atomic E-state index is -4.77. The van der Waals surface area contributed by atoms with Crippen LogP contribution in [0.2, 0.25) is 0 Å². The number of nitrogens with one attached hydrogen (secondary N) is 2. The van der Waals surface area contributed by atoms with Crippen LogP contribution in [-0.2, 0) is 0 Å². The van der Waals surface area contributed by atoms with E-state index < -0.39 is 6.36 Å². The van der Waals surface area contributed by atoms with Crippen molar-refractivity contribution >= 4 is 17.5 Å². The summed E-state index contributed by atoms with van der Waals surface area (Å²) in [5.74, 6) is 1.84. The van der Waals surface area contributed by atoms with Gasteiger partial charge in [0, 0.05) is 29.4 Å². The summed E-state index contributed by atoms with van der Waals surface area (Å²) in [5, 5.41) is 6.42. The summed E-state index contributed by atoms with van der Waals surface area (Å²) in [6.07, 6.45) is -2.73. The first kappa shape index (κ1) is 19.3. The molecule has 1 aliphatic carbocycles. The van der Waals surface area contributed by atoms with E-state index in [2.05, 4.69) is 25.3 Å². The van der Waals surface area contributed by atoms with E-state index in [1.54, 1.807) is 24.3 Å². The molecule has 1 aliphatic heterocycles. The minimum Gasteiger partial charge on any atom is -0.454 e. The second-order valence-corrected chi connectivity index (χ2v) is 7.15. The molecule has 2 aromatic carbocycles. The molecule has 1 fully saturated rings. The van der Waals surface area contributed by atoms with Gasteiger partial charge in [0.15, 0.2) is 11.5 Å². The SMILES string of the molecule is FC(F)(F)Oc1cccc(-c2cc(Nc3ccc4c(c3)OCO4)nc(NC3CC3)n2)c1. The Morgan fingerprint density at radius 2 is 1.81 bits per heavy atom. The van der Waals surface area contributed by atoms with Crippen LogP contribution in [0, 0.1) is 0 Å². The highest BCUT2D eigenvalue weighted by Gasteiger charge is 2.31. The maximum absolute atomic E-state index is 12.6. The van der Waals surface area contributed by atoms with Gasteiger partial charge in [-0.25, -0.2) is 4.98 Å². The van der Waals surface area contributed by atoms with Crippen molar-refractivity contribution in [2.75, 3.05) is 17.4 Å². The van der Waals surface area contributed by atoms with E-state index in [0.717, 1.165) is 18.5 Å². The van der Waals surface area contributed by atoms with E-state index in [0.29, 0.717) is 40.6 Å². The van der Waals surface area contributed by atoms with Crippen LogP contribution in [0.25, 0.3) is 11.3 Å². The van der Waals surface area contributed by atoms with Gasteiger partial charge in [0.25, 0.3) is 0 Å². The van der Waals surface area contributed by atoms with Gasteiger partial charge in [-0.3, -0.25) is 0 Å². The van der Waals surface area contributed by atoms with Gasteiger partial charge in [0.05, 0.1) is 5.69 Å². The molecule has 1 aromatic heterocycles. The number of rotatable bonds is 6. The van der Waals surface area contributed by atoms with Gasteiger partial charge in [-0.2, -0.15) is 4.98 Å². The Morgan fingerprint density at radius 3 is 2.61 bits per heavy atom. The Balaban J connectivity index is 1.46. The van der Waals surface area contributed by atoms with Crippen LogP contribution in [0.1, 0.15) is 12.8 Å². The molecule has 2 heterocycles. The molecule has 0 spiro atoms. The standard InChI is InChI=1S/C21H17F3N4O3/c22-21(23,24)31-15-3-1-2-12(8-15)16-10-19(28-20(27-16)26-13-4-5-13)25-14-6-7-17-18(9-14)30-11-29-17/h1-3,6-10,13H,4-5,11H2,(H2,25,26,27,28). The maximum atomic E-state index is 12.6. The molecule has 0 unspecified atom stereocenters. The van der Waals surface area contributed by atoms with Gasteiger partial charge < -0.3 is 24.8 Å². The van der Waals surface area contributed by atoms with Crippen molar-refractivity contribution in [1.82, 2.24) is 9.97 Å². The van der Waals surface area contributed by atoms with Gasteiger partial charge in [-0.15, -0.1) is 13.2 Å². The Hall–Kier alpha value is -3.69. The van der Waals surface area contributed by atoms with E-state index in [9.17, 15) is 13.2 Å². The predicted octanol–water partition coefficient (Wildman–Crippen LogP) is 5.09. The zero-order valence-electron chi connectivity index (χ0n) is 16.1. The minimum absolute atomic E-state index is 0.169. The first-order valence-corrected chi connectivity index (χ1v) is 9.60. The highest BCUT2D eigenvalue weighted by Crippen LogP contribution is 2.36. The third kappa shape index (κ3) is 4.73. The average Bonchev–Trinajstić information content (AvgIpc) is 3.40. The monoisotopic (exact) mass is 430 g/mol. The molecule has 0 atom stereocenters. The molecule has 2 aliphatic rings. The number of halogens is 3. The van der Waals surface area contributed by atoms with Crippen molar-refractivity contribution in [3.05, 3.63) is 48.5 Å². The lowest BCUT2D eigenvalue weighted by atomic mass is 10.1. The summed E-state index contributed by atoms with van der Waals surface area (Å²) >= 11 is 0. The first-order valence-electron chi connectivity index (χ1n) is 9.60. The summed E-state index contributed by atoms with van der Waals surface area (Å²) in [5.41, 5.74) is 1.64. The molecule has 0 saturated heterocycles. The van der Waals surface area contributed by atoms with E-state index in [1.165, 1.54) is 18.2 Å². The summed E-state index contributed by atoms with van der Waals surface area (Å²) in [6.45, 7) is 0.169. The van der Waals surface area contributed by atoms with Crippen LogP contribution in [-0.4, -0.2) is 29.2 Å². The molecule has 7 nitrogen and oxygen atoms in total. The molecule has 10 heteroatoms. The fourth-order valence-electron chi connectivity index (χ4n) is 3.11. The van der Waals surface area contributed by atoms with E-state index in [-0.39, 0.29) is 12.5 Å². The van der Waals surface area contributed by atoms with E-state index >= 15 is 0 Å². The van der Waals surface area contributed by atoms with E-state index in [1.807, 2.05) is 6.07 Å². The lowest BCUT2D eigenvalue weighted by Crippen LogP contribution is -2.17. The molecule has 31 heavy (non-hydrogen) atoms. The van der Waals surface area contributed by atoms with Crippen molar-refractivity contribution < 1.29 is 27.4 Å². The van der Waals surface area contributed by atoms with E-state index in [4.69, 9.17) is 9.47 Å². The third-order valence-electron chi connectivity index (χ3n) is 4.65. The van der Waals surface area contributed by atoms with Gasteiger partial charge in [-0.1, -0.05) is 12.1 Å². The fourth-order valence-corrected chi connectivity index (χ4v) is 3.11. The number of aromatic nitrogens is 2. The largest absolute Gasteiger partial charge is 0.573 e. The number of benzene rings is 2. The van der Waals surface area contributed by atoms with Crippen LogP contribution in [0.5, 0.6) is 17.2 Å². The Labute approximate surface area is 175 Å². The molecule has 0 amide bonds. The molecule has 3 aromatic rings. The van der Waals surface area contributed by atoms with Crippen molar-refractivity contribution in [2.45, 2.75) is 25.2 Å². The number of hydrogen-bond acceptors (Lipinski definition) is 7. The second-order valence-electron chi connectivity index (χ2n) is 7.15. The van der Waals surface area contributed by atoms with Crippen LogP contribution in [0.3, 0.4) is 0 Å². The molecule has 2 N–H and O–H groups in total. The zero-order chi connectivity index (χ0) is 21.4. The number of anilines is 3. The van der Waals surface area contributed by atoms with Crippen molar-refractivity contribution in [3.63, 3.8) is 0 Å². The third-order valence-corrected chi connectivity index (χ3v) is 4.65. The van der Waals surface area contributed by atoms with Gasteiger partial charge >= 0.3 is 6.36 Å². The van der Waals surface area contributed by atoms with Gasteiger partial charge in [-0.05, 0) is 37.1 Å². The number of nitrogens with zero attached hydrogens (tertiary/aromatic N) is 2.